The van der Waals surface area contributed by atoms with Crippen LogP contribution in [0.2, 0.25) is 0 Å². The number of rotatable bonds is 6. The average Bonchev–Trinajstić information content (AvgIpc) is 3.02. The molecule has 6 nitrogen and oxygen atoms in total. The fourth-order valence-corrected chi connectivity index (χ4v) is 2.50. The van der Waals surface area contributed by atoms with Gasteiger partial charge in [-0.15, -0.1) is 11.3 Å². The van der Waals surface area contributed by atoms with E-state index in [0.717, 1.165) is 5.75 Å². The molecule has 0 fully saturated rings. The van der Waals surface area contributed by atoms with Crippen LogP contribution in [0.3, 0.4) is 0 Å². The predicted octanol–water partition coefficient (Wildman–Crippen LogP) is 1.85. The molecule has 23 heavy (non-hydrogen) atoms. The van der Waals surface area contributed by atoms with Crippen molar-refractivity contribution >= 4 is 23.2 Å². The van der Waals surface area contributed by atoms with Gasteiger partial charge in [0.25, 0.3) is 5.91 Å². The molecule has 0 aliphatic rings. The van der Waals surface area contributed by atoms with Gasteiger partial charge in [0.2, 0.25) is 5.91 Å². The van der Waals surface area contributed by atoms with Crippen molar-refractivity contribution in [1.82, 2.24) is 15.2 Å². The number of amides is 2. The van der Waals surface area contributed by atoms with E-state index < -0.39 is 0 Å². The van der Waals surface area contributed by atoms with Gasteiger partial charge in [-0.05, 0) is 19.1 Å². The zero-order valence-electron chi connectivity index (χ0n) is 13.3. The molecule has 0 saturated heterocycles. The molecule has 0 atom stereocenters. The third-order valence-corrected chi connectivity index (χ3v) is 3.98. The van der Waals surface area contributed by atoms with Crippen LogP contribution < -0.4 is 10.1 Å². The molecule has 0 saturated carbocycles. The van der Waals surface area contributed by atoms with Gasteiger partial charge in [0.05, 0.1) is 6.54 Å². The number of nitrogens with one attached hydrogen (secondary N) is 1. The summed E-state index contributed by atoms with van der Waals surface area (Å²) in [6, 6.07) is 7.73. The summed E-state index contributed by atoms with van der Waals surface area (Å²) in [7, 11) is 3.10. The standard InChI is InChI=1S/C16H19N3O3S/c1-11-4-6-12(7-5-11)22-9-15-18-13(10-23-15)16(21)19(3)8-14(20)17-2/h4-7,10H,8-9H2,1-3H3,(H,17,20). The van der Waals surface area contributed by atoms with E-state index in [1.807, 2.05) is 31.2 Å². The quantitative estimate of drug-likeness (QED) is 0.876. The van der Waals surface area contributed by atoms with E-state index in [0.29, 0.717) is 17.3 Å². The van der Waals surface area contributed by atoms with E-state index in [9.17, 15) is 9.59 Å². The van der Waals surface area contributed by atoms with Gasteiger partial charge >= 0.3 is 0 Å². The molecular formula is C16H19N3O3S. The predicted molar refractivity (Wildman–Crippen MR) is 88.7 cm³/mol. The molecule has 0 unspecified atom stereocenters. The number of ether oxygens (including phenoxy) is 1. The Bertz CT molecular complexity index is 682. The van der Waals surface area contributed by atoms with Gasteiger partial charge in [-0.3, -0.25) is 9.59 Å². The highest BCUT2D eigenvalue weighted by Gasteiger charge is 2.17. The maximum absolute atomic E-state index is 12.2. The molecule has 2 amide bonds. The summed E-state index contributed by atoms with van der Waals surface area (Å²) < 4.78 is 5.64. The molecular weight excluding hydrogens is 314 g/mol. The Morgan fingerprint density at radius 3 is 2.65 bits per heavy atom. The lowest BCUT2D eigenvalue weighted by Crippen LogP contribution is -2.37. The van der Waals surface area contributed by atoms with Crippen molar-refractivity contribution in [1.29, 1.82) is 0 Å². The lowest BCUT2D eigenvalue weighted by Gasteiger charge is -2.14. The number of aromatic nitrogens is 1. The van der Waals surface area contributed by atoms with Crippen molar-refractivity contribution in [3.63, 3.8) is 0 Å². The minimum Gasteiger partial charge on any atom is -0.486 e. The number of carbonyl (C=O) groups is 2. The third-order valence-electron chi connectivity index (χ3n) is 3.16. The summed E-state index contributed by atoms with van der Waals surface area (Å²) in [5.41, 5.74) is 1.49. The molecule has 0 spiro atoms. The average molecular weight is 333 g/mol. The first kappa shape index (κ1) is 17.0. The summed E-state index contributed by atoms with van der Waals surface area (Å²) in [4.78, 5) is 29.1. The first-order chi connectivity index (χ1) is 11.0. The lowest BCUT2D eigenvalue weighted by atomic mass is 10.2. The van der Waals surface area contributed by atoms with Crippen LogP contribution in [0.5, 0.6) is 5.75 Å². The largest absolute Gasteiger partial charge is 0.486 e. The van der Waals surface area contributed by atoms with Gasteiger partial charge < -0.3 is 15.0 Å². The van der Waals surface area contributed by atoms with Gasteiger partial charge in [-0.1, -0.05) is 17.7 Å². The van der Waals surface area contributed by atoms with E-state index in [-0.39, 0.29) is 18.4 Å². The summed E-state index contributed by atoms with van der Waals surface area (Å²) in [5.74, 6) is 0.251. The number of likely N-dealkylation sites (N-methyl/N-ethyl adjacent to an activating group) is 2. The summed E-state index contributed by atoms with van der Waals surface area (Å²) in [6.45, 7) is 2.32. The van der Waals surface area contributed by atoms with Gasteiger partial charge in [-0.25, -0.2) is 4.98 Å². The molecule has 1 heterocycles. The zero-order valence-corrected chi connectivity index (χ0v) is 14.1. The monoisotopic (exact) mass is 333 g/mol. The fourth-order valence-electron chi connectivity index (χ4n) is 1.82. The lowest BCUT2D eigenvalue weighted by molar-refractivity contribution is -0.121. The molecule has 1 N–H and O–H groups in total. The van der Waals surface area contributed by atoms with Crippen molar-refractivity contribution in [2.45, 2.75) is 13.5 Å². The van der Waals surface area contributed by atoms with Gasteiger partial charge in [0.15, 0.2) is 0 Å². The van der Waals surface area contributed by atoms with E-state index in [1.54, 1.807) is 12.4 Å². The number of hydrogen-bond donors (Lipinski definition) is 1. The van der Waals surface area contributed by atoms with Crippen LogP contribution in [0.4, 0.5) is 0 Å². The highest BCUT2D eigenvalue weighted by atomic mass is 32.1. The SMILES string of the molecule is CNC(=O)CN(C)C(=O)c1csc(COc2ccc(C)cc2)n1. The number of thiazole rings is 1. The summed E-state index contributed by atoms with van der Waals surface area (Å²) in [6.07, 6.45) is 0. The molecule has 0 radical (unpaired) electrons. The molecule has 1 aromatic heterocycles. The maximum atomic E-state index is 12.2. The van der Waals surface area contributed by atoms with E-state index >= 15 is 0 Å². The minimum atomic E-state index is -0.286. The van der Waals surface area contributed by atoms with Crippen molar-refractivity contribution in [3.05, 3.63) is 45.9 Å². The van der Waals surface area contributed by atoms with Crippen LogP contribution in [0.15, 0.2) is 29.6 Å². The Balaban J connectivity index is 1.93. The summed E-state index contributed by atoms with van der Waals surface area (Å²) in [5, 5.41) is 4.87. The van der Waals surface area contributed by atoms with Gasteiger partial charge in [-0.2, -0.15) is 0 Å². The molecule has 0 aliphatic heterocycles. The van der Waals surface area contributed by atoms with Gasteiger partial charge in [0, 0.05) is 19.5 Å². The first-order valence-electron chi connectivity index (χ1n) is 7.09. The first-order valence-corrected chi connectivity index (χ1v) is 7.97. The Morgan fingerprint density at radius 2 is 2.00 bits per heavy atom. The number of benzene rings is 1. The third kappa shape index (κ3) is 4.79. The van der Waals surface area contributed by atoms with Crippen LogP contribution in [0.1, 0.15) is 21.1 Å². The van der Waals surface area contributed by atoms with Crippen LogP contribution in [0.25, 0.3) is 0 Å². The Kier molecular flexibility index (Phi) is 5.70. The Morgan fingerprint density at radius 1 is 1.30 bits per heavy atom. The second-order valence-corrected chi connectivity index (χ2v) is 6.01. The second kappa shape index (κ2) is 7.73. The number of hydrogen-bond acceptors (Lipinski definition) is 5. The number of carbonyl (C=O) groups excluding carboxylic acids is 2. The smallest absolute Gasteiger partial charge is 0.273 e. The normalized spacial score (nSPS) is 10.2. The minimum absolute atomic E-state index is 0.00204. The van der Waals surface area contributed by atoms with E-state index in [4.69, 9.17) is 4.74 Å². The molecule has 2 rings (SSSR count). The molecule has 1 aromatic carbocycles. The highest BCUT2D eigenvalue weighted by Crippen LogP contribution is 2.16. The molecule has 122 valence electrons. The topological polar surface area (TPSA) is 71.5 Å². The van der Waals surface area contributed by atoms with Crippen molar-refractivity contribution in [3.8, 4) is 5.75 Å². The summed E-state index contributed by atoms with van der Waals surface area (Å²) >= 11 is 1.36. The van der Waals surface area contributed by atoms with Crippen LogP contribution in [0, 0.1) is 6.92 Å². The van der Waals surface area contributed by atoms with Crippen molar-refractivity contribution in [2.24, 2.45) is 0 Å². The molecule has 2 aromatic rings. The molecule has 0 aliphatic carbocycles. The van der Waals surface area contributed by atoms with Gasteiger partial charge in [0.1, 0.15) is 23.1 Å². The Labute approximate surface area is 139 Å². The number of aryl methyl sites for hydroxylation is 1. The zero-order chi connectivity index (χ0) is 16.8. The molecule has 7 heteroatoms. The fraction of sp³-hybridized carbons (Fsp3) is 0.312. The van der Waals surface area contributed by atoms with E-state index in [1.165, 1.54) is 28.8 Å². The molecule has 0 bridgehead atoms. The maximum Gasteiger partial charge on any atom is 0.273 e. The van der Waals surface area contributed by atoms with Crippen molar-refractivity contribution in [2.75, 3.05) is 20.6 Å². The van der Waals surface area contributed by atoms with E-state index in [2.05, 4.69) is 10.3 Å². The van der Waals surface area contributed by atoms with Crippen molar-refractivity contribution < 1.29 is 14.3 Å². The van der Waals surface area contributed by atoms with Crippen LogP contribution in [-0.2, 0) is 11.4 Å². The number of nitrogens with zero attached hydrogens (tertiary/aromatic N) is 2. The van der Waals surface area contributed by atoms with Crippen LogP contribution in [-0.4, -0.2) is 42.3 Å². The second-order valence-electron chi connectivity index (χ2n) is 5.06. The highest BCUT2D eigenvalue weighted by molar-refractivity contribution is 7.09. The Hall–Kier alpha value is -2.41. The van der Waals surface area contributed by atoms with Crippen LogP contribution >= 0.6 is 11.3 Å².